The second kappa shape index (κ2) is 11.1. The molecule has 20 heteroatoms. The standard InChI is InChI=1S/C11H4Cl2F12N2O2.2K/c12-4-5(13)27(2-7(29,10(20,21)22)11(23,24)25)3-26(4)1-6(28,8(14,15)16)9(17,18)19;;/h1-2H2;;/q-2;2*+1. The van der Waals surface area contributed by atoms with Gasteiger partial charge in [-0.15, -0.1) is 0 Å². The van der Waals surface area contributed by atoms with Gasteiger partial charge in [-0.25, -0.2) is 0 Å². The number of hydrogen-bond donors (Lipinski definition) is 0. The summed E-state index contributed by atoms with van der Waals surface area (Å²) in [5, 5.41) is 19.7. The van der Waals surface area contributed by atoms with Crippen molar-refractivity contribution in [3.05, 3.63) is 17.0 Å². The Morgan fingerprint density at radius 2 is 0.774 bits per heavy atom. The van der Waals surface area contributed by atoms with Gasteiger partial charge in [0, 0.05) is 13.1 Å². The Morgan fingerprint density at radius 1 is 0.581 bits per heavy atom. The van der Waals surface area contributed by atoms with Crippen LogP contribution in [0.3, 0.4) is 0 Å². The van der Waals surface area contributed by atoms with Crippen LogP contribution < -0.4 is 113 Å². The molecule has 31 heavy (non-hydrogen) atoms. The van der Waals surface area contributed by atoms with Crippen LogP contribution in [0.1, 0.15) is 0 Å². The van der Waals surface area contributed by atoms with E-state index in [1.807, 2.05) is 0 Å². The van der Waals surface area contributed by atoms with Crippen LogP contribution in [0.5, 0.6) is 0 Å². The summed E-state index contributed by atoms with van der Waals surface area (Å²) in [5.41, 5.74) is -11.5. The second-order valence-electron chi connectivity index (χ2n) is 5.50. The molecular formula is C11H4Cl2F12K2N2O2. The maximum atomic E-state index is 12.6. The van der Waals surface area contributed by atoms with Gasteiger partial charge in [0.05, 0.1) is 0 Å². The summed E-state index contributed by atoms with van der Waals surface area (Å²) in [7, 11) is 0. The molecule has 0 unspecified atom stereocenters. The Balaban J connectivity index is 0. The predicted octanol–water partition coefficient (Wildman–Crippen LogP) is -3.34. The molecule has 0 atom stereocenters. The largest absolute Gasteiger partial charge is 1.00 e. The molecule has 0 aliphatic carbocycles. The van der Waals surface area contributed by atoms with Gasteiger partial charge < -0.3 is 20.0 Å². The molecule has 1 aliphatic heterocycles. The van der Waals surface area contributed by atoms with Crippen molar-refractivity contribution in [2.24, 2.45) is 0 Å². The van der Waals surface area contributed by atoms with Gasteiger partial charge in [-0.05, 0) is 0 Å². The smallest absolute Gasteiger partial charge is 0.835 e. The molecule has 0 N–H and O–H groups in total. The molecule has 0 amide bonds. The second-order valence-corrected chi connectivity index (χ2v) is 6.22. The zero-order valence-electron chi connectivity index (χ0n) is 14.9. The van der Waals surface area contributed by atoms with Crippen LogP contribution in [0, 0.1) is 6.67 Å². The molecule has 0 aromatic carbocycles. The summed E-state index contributed by atoms with van der Waals surface area (Å²) in [4.78, 5) is -1.18. The summed E-state index contributed by atoms with van der Waals surface area (Å²) in [6.45, 7) is -4.28. The van der Waals surface area contributed by atoms with E-state index in [0.717, 1.165) is 6.67 Å². The van der Waals surface area contributed by atoms with Crippen LogP contribution >= 0.6 is 23.2 Å². The minimum Gasteiger partial charge on any atom is -0.835 e. The molecule has 1 heterocycles. The first-order valence-electron chi connectivity index (χ1n) is 6.54. The van der Waals surface area contributed by atoms with Crippen LogP contribution in [0.25, 0.3) is 0 Å². The zero-order valence-corrected chi connectivity index (χ0v) is 22.7. The van der Waals surface area contributed by atoms with E-state index in [-0.39, 0.29) is 103 Å². The quantitative estimate of drug-likeness (QED) is 0.201. The van der Waals surface area contributed by atoms with Gasteiger partial charge in [0.1, 0.15) is 21.5 Å². The average Bonchev–Trinajstić information content (AvgIpc) is 2.70. The number of rotatable bonds is 4. The van der Waals surface area contributed by atoms with Crippen molar-refractivity contribution in [1.29, 1.82) is 0 Å². The molecular weight excluding hydrogens is 569 g/mol. The zero-order chi connectivity index (χ0) is 23.4. The van der Waals surface area contributed by atoms with Gasteiger partial charge >= 0.3 is 127 Å². The van der Waals surface area contributed by atoms with Crippen molar-refractivity contribution >= 4 is 23.2 Å². The molecule has 1 aliphatic rings. The van der Waals surface area contributed by atoms with Gasteiger partial charge in [0.25, 0.3) is 0 Å². The number of hydrogen-bond acceptors (Lipinski definition) is 4. The van der Waals surface area contributed by atoms with E-state index in [4.69, 9.17) is 23.2 Å². The third kappa shape index (κ3) is 7.16. The van der Waals surface area contributed by atoms with Crippen LogP contribution in [0.4, 0.5) is 52.7 Å². The summed E-state index contributed by atoms with van der Waals surface area (Å²) in [5.74, 6) is 0. The maximum Gasteiger partial charge on any atom is 1.00 e. The Labute approximate surface area is 260 Å². The van der Waals surface area contributed by atoms with Gasteiger partial charge in [-0.1, -0.05) is 23.2 Å². The van der Waals surface area contributed by atoms with Crippen LogP contribution in [-0.2, 0) is 0 Å². The van der Waals surface area contributed by atoms with Gasteiger partial charge in [-0.2, -0.15) is 52.7 Å². The fourth-order valence-corrected chi connectivity index (χ4v) is 2.19. The topological polar surface area (TPSA) is 52.6 Å². The number of nitrogens with zero attached hydrogens (tertiary/aromatic N) is 2. The van der Waals surface area contributed by atoms with E-state index in [2.05, 4.69) is 0 Å². The van der Waals surface area contributed by atoms with E-state index in [9.17, 15) is 62.9 Å². The van der Waals surface area contributed by atoms with Crippen LogP contribution in [0.2, 0.25) is 0 Å². The fourth-order valence-electron chi connectivity index (χ4n) is 1.79. The van der Waals surface area contributed by atoms with E-state index < -0.39 is 69.1 Å². The van der Waals surface area contributed by atoms with E-state index >= 15 is 0 Å². The summed E-state index contributed by atoms with van der Waals surface area (Å²) >= 11 is 10.4. The monoisotopic (exact) mass is 572 g/mol. The van der Waals surface area contributed by atoms with Crippen molar-refractivity contribution in [2.45, 2.75) is 35.9 Å². The summed E-state index contributed by atoms with van der Waals surface area (Å²) in [6, 6.07) is 0. The molecule has 0 bridgehead atoms. The molecule has 2 radical (unpaired) electrons. The Kier molecular flexibility index (Phi) is 12.7. The van der Waals surface area contributed by atoms with Crippen molar-refractivity contribution in [3.8, 4) is 0 Å². The maximum absolute atomic E-state index is 12.6. The molecule has 0 aromatic heterocycles. The number of halogens is 14. The van der Waals surface area contributed by atoms with Crippen molar-refractivity contribution < 1.29 is 166 Å². The van der Waals surface area contributed by atoms with Crippen molar-refractivity contribution in [2.75, 3.05) is 13.1 Å². The molecule has 0 aromatic rings. The van der Waals surface area contributed by atoms with E-state index in [1.165, 1.54) is 0 Å². The fraction of sp³-hybridized carbons (Fsp3) is 0.727. The molecule has 0 fully saturated rings. The third-order valence-electron chi connectivity index (χ3n) is 3.48. The first-order valence-corrected chi connectivity index (χ1v) is 7.29. The van der Waals surface area contributed by atoms with E-state index in [0.29, 0.717) is 0 Å². The summed E-state index contributed by atoms with van der Waals surface area (Å²) < 4.78 is 151. The average molecular weight is 573 g/mol. The summed E-state index contributed by atoms with van der Waals surface area (Å²) in [6.07, 6.45) is -26.0. The number of alkyl halides is 12. The van der Waals surface area contributed by atoms with Gasteiger partial charge in [-0.3, -0.25) is 0 Å². The molecule has 170 valence electrons. The SMILES string of the molecule is [K+].[K+].[O-]C(CN1[C]N(CC([O-])(C(F)(F)F)C(F)(F)F)C(Cl)=C1Cl)(C(F)(F)F)C(F)(F)F. The van der Waals surface area contributed by atoms with E-state index in [1.54, 1.807) is 0 Å². The first kappa shape index (κ1) is 35.4. The molecule has 0 saturated heterocycles. The first-order chi connectivity index (χ1) is 12.5. The van der Waals surface area contributed by atoms with Crippen LogP contribution in [0.15, 0.2) is 10.3 Å². The molecule has 0 saturated carbocycles. The van der Waals surface area contributed by atoms with Crippen molar-refractivity contribution in [1.82, 2.24) is 9.80 Å². The normalized spacial score (nSPS) is 17.0. The molecule has 4 nitrogen and oxygen atoms in total. The van der Waals surface area contributed by atoms with Crippen LogP contribution in [-0.4, -0.2) is 58.8 Å². The molecule has 1 rings (SSSR count). The Bertz CT molecular complexity index is 583. The minimum atomic E-state index is -6.51. The Hall–Kier alpha value is 2.27. The third-order valence-corrected chi connectivity index (χ3v) is 4.34. The van der Waals surface area contributed by atoms with Gasteiger partial charge in [0.2, 0.25) is 6.67 Å². The minimum absolute atomic E-state index is 0. The van der Waals surface area contributed by atoms with Crippen molar-refractivity contribution in [3.63, 3.8) is 0 Å². The predicted molar refractivity (Wildman–Crippen MR) is 65.1 cm³/mol. The Morgan fingerprint density at radius 3 is 0.935 bits per heavy atom. The van der Waals surface area contributed by atoms with Gasteiger partial charge in [0.15, 0.2) is 0 Å². The molecule has 0 spiro atoms.